The van der Waals surface area contributed by atoms with Gasteiger partial charge >= 0.3 is 0 Å². The summed E-state index contributed by atoms with van der Waals surface area (Å²) in [6.45, 7) is 4.97. The molecule has 44 heavy (non-hydrogen) atoms. The van der Waals surface area contributed by atoms with Crippen molar-refractivity contribution in [3.8, 4) is 11.3 Å². The number of nitrogens with one attached hydrogen (secondary N) is 1. The van der Waals surface area contributed by atoms with Crippen LogP contribution in [0.15, 0.2) is 65.9 Å². The summed E-state index contributed by atoms with van der Waals surface area (Å²) >= 11 is 0. The maximum Gasteiger partial charge on any atom is 0.229 e. The molecule has 7 rings (SSSR count). The van der Waals surface area contributed by atoms with Gasteiger partial charge in [0.05, 0.1) is 12.8 Å². The first-order valence-electron chi connectivity index (χ1n) is 15.5. The van der Waals surface area contributed by atoms with Crippen molar-refractivity contribution in [3.63, 3.8) is 0 Å². The molecule has 1 saturated carbocycles. The zero-order valence-corrected chi connectivity index (χ0v) is 24.9. The predicted molar refractivity (Wildman–Crippen MR) is 167 cm³/mol. The highest BCUT2D eigenvalue weighted by Crippen LogP contribution is 2.52. The average molecular weight is 595 g/mol. The Bertz CT molecular complexity index is 1690. The largest absolute Gasteiger partial charge is 0.392 e. The van der Waals surface area contributed by atoms with Gasteiger partial charge in [0.2, 0.25) is 5.95 Å². The van der Waals surface area contributed by atoms with E-state index in [1.54, 1.807) is 0 Å². The second-order valence-electron chi connectivity index (χ2n) is 12.4. The molecule has 4 aromatic rings. The number of rotatable bonds is 7. The monoisotopic (exact) mass is 594 g/mol. The van der Waals surface area contributed by atoms with Gasteiger partial charge in [0.15, 0.2) is 5.82 Å². The molecule has 7 nitrogen and oxygen atoms in total. The summed E-state index contributed by atoms with van der Waals surface area (Å²) in [4.78, 5) is 20.2. The quantitative estimate of drug-likeness (QED) is 0.233. The zero-order chi connectivity index (χ0) is 30.3. The number of aliphatic hydroxyl groups is 1. The average Bonchev–Trinajstić information content (AvgIpc) is 3.65. The van der Waals surface area contributed by atoms with Crippen molar-refractivity contribution in [3.05, 3.63) is 94.8 Å². The normalized spacial score (nSPS) is 18.0. The van der Waals surface area contributed by atoms with Crippen LogP contribution < -0.4 is 5.32 Å². The summed E-state index contributed by atoms with van der Waals surface area (Å²) in [7, 11) is 0. The van der Waals surface area contributed by atoms with Gasteiger partial charge < -0.3 is 10.4 Å². The lowest BCUT2D eigenvalue weighted by Gasteiger charge is -2.32. The number of aliphatic hydroxyl groups excluding tert-OH is 1. The molecule has 3 aliphatic rings. The lowest BCUT2D eigenvalue weighted by atomic mass is 9.76. The van der Waals surface area contributed by atoms with Crippen LogP contribution >= 0.6 is 0 Å². The van der Waals surface area contributed by atoms with E-state index in [9.17, 15) is 5.11 Å². The molecule has 226 valence electrons. The number of aliphatic imine (C=N–C) groups is 1. The number of nitrogens with zero attached hydrogens (tertiary/aromatic N) is 5. The van der Waals surface area contributed by atoms with E-state index >= 15 is 8.78 Å². The predicted octanol–water partition coefficient (Wildman–Crippen LogP) is 7.35. The molecule has 1 saturated heterocycles. The fourth-order valence-electron chi connectivity index (χ4n) is 7.19. The molecule has 1 aliphatic carbocycles. The highest BCUT2D eigenvalue weighted by Gasteiger charge is 2.44. The number of likely N-dealkylation sites (tertiary alicyclic amines) is 1. The molecular formula is C35H36F2N6O. The Kier molecular flexibility index (Phi) is 7.68. The maximum absolute atomic E-state index is 15.3. The van der Waals surface area contributed by atoms with E-state index in [4.69, 9.17) is 0 Å². The van der Waals surface area contributed by atoms with Crippen molar-refractivity contribution < 1.29 is 13.9 Å². The summed E-state index contributed by atoms with van der Waals surface area (Å²) in [6.07, 6.45) is 9.11. The minimum absolute atomic E-state index is 0.0506. The molecule has 2 aliphatic heterocycles. The Hall–Kier alpha value is -4.08. The van der Waals surface area contributed by atoms with Gasteiger partial charge in [-0.15, -0.1) is 0 Å². The Morgan fingerprint density at radius 1 is 0.932 bits per heavy atom. The van der Waals surface area contributed by atoms with Gasteiger partial charge in [0.1, 0.15) is 23.0 Å². The van der Waals surface area contributed by atoms with Gasteiger partial charge in [-0.2, -0.15) is 0 Å². The van der Waals surface area contributed by atoms with Crippen molar-refractivity contribution in [2.45, 2.75) is 69.9 Å². The summed E-state index contributed by atoms with van der Waals surface area (Å²) in [5, 5.41) is 12.4. The van der Waals surface area contributed by atoms with Gasteiger partial charge in [-0.1, -0.05) is 43.2 Å². The molecule has 0 atom stereocenters. The molecule has 4 heterocycles. The standard InChI is InChI=1S/C35H36F2N6O/c1-22-35(12-2-3-13-35)28-16-27(17-29(36)33(28)40-22)32-30(37)19-39-34(42-32)41-31-9-8-26(18-38-31)25-10-14-43(15-11-25)20-23-4-6-24(21-44)7-5-23/h4-9,16-19,25,44H,2-3,10-15,20-21H2,1H3,(H,38,39,41,42). The van der Waals surface area contributed by atoms with E-state index in [2.05, 4.69) is 48.4 Å². The Morgan fingerprint density at radius 2 is 1.68 bits per heavy atom. The first kappa shape index (κ1) is 28.7. The number of piperidine rings is 1. The van der Waals surface area contributed by atoms with Crippen molar-refractivity contribution in [1.82, 2.24) is 19.9 Å². The summed E-state index contributed by atoms with van der Waals surface area (Å²) in [5.41, 5.74) is 5.72. The highest BCUT2D eigenvalue weighted by molar-refractivity contribution is 6.01. The third-order valence-electron chi connectivity index (χ3n) is 9.72. The second-order valence-corrected chi connectivity index (χ2v) is 12.4. The molecule has 1 spiro atoms. The Morgan fingerprint density at radius 3 is 2.39 bits per heavy atom. The molecule has 0 radical (unpaired) electrons. The second kappa shape index (κ2) is 11.8. The van der Waals surface area contributed by atoms with Gasteiger partial charge in [-0.05, 0) is 92.1 Å². The first-order chi connectivity index (χ1) is 21.4. The zero-order valence-electron chi connectivity index (χ0n) is 24.9. The molecule has 9 heteroatoms. The van der Waals surface area contributed by atoms with Crippen LogP contribution in [0.4, 0.5) is 26.2 Å². The SMILES string of the molecule is CC1=Nc2c(F)cc(-c3nc(Nc4ccc(C5CCN(Cc6ccc(CO)cc6)CC5)cn4)ncc3F)cc2C12CCCC2. The molecule has 2 fully saturated rings. The third kappa shape index (κ3) is 5.39. The van der Waals surface area contributed by atoms with Crippen molar-refractivity contribution >= 4 is 23.2 Å². The van der Waals surface area contributed by atoms with E-state index in [1.165, 1.54) is 17.2 Å². The first-order valence-corrected chi connectivity index (χ1v) is 15.5. The number of fused-ring (bicyclic) bond motifs is 2. The van der Waals surface area contributed by atoms with Crippen LogP contribution in [0.5, 0.6) is 0 Å². The van der Waals surface area contributed by atoms with Gasteiger partial charge in [-0.3, -0.25) is 9.89 Å². The molecule has 2 N–H and O–H groups in total. The van der Waals surface area contributed by atoms with E-state index in [1.807, 2.05) is 37.4 Å². The smallest absolute Gasteiger partial charge is 0.229 e. The van der Waals surface area contributed by atoms with Crippen LogP contribution in [0.3, 0.4) is 0 Å². The van der Waals surface area contributed by atoms with Crippen LogP contribution in [-0.4, -0.2) is 43.8 Å². The van der Waals surface area contributed by atoms with Crippen LogP contribution in [-0.2, 0) is 18.6 Å². The summed E-state index contributed by atoms with van der Waals surface area (Å²) in [6, 6.07) is 15.3. The topological polar surface area (TPSA) is 86.5 Å². The number of benzene rings is 2. The van der Waals surface area contributed by atoms with Crippen LogP contribution in [0.25, 0.3) is 11.3 Å². The van der Waals surface area contributed by atoms with Crippen LogP contribution in [0.2, 0.25) is 0 Å². The molecule has 0 unspecified atom stereocenters. The van der Waals surface area contributed by atoms with Crippen molar-refractivity contribution in [2.75, 3.05) is 18.4 Å². The molecule has 2 aromatic heterocycles. The van der Waals surface area contributed by atoms with Gasteiger partial charge in [0, 0.05) is 29.4 Å². The molecule has 2 aromatic carbocycles. The summed E-state index contributed by atoms with van der Waals surface area (Å²) < 4.78 is 30.3. The third-order valence-corrected chi connectivity index (χ3v) is 9.72. The molecular weight excluding hydrogens is 558 g/mol. The lowest BCUT2D eigenvalue weighted by molar-refractivity contribution is 0.204. The number of aromatic nitrogens is 3. The number of pyridine rings is 1. The van der Waals surface area contributed by atoms with Crippen molar-refractivity contribution in [2.24, 2.45) is 4.99 Å². The van der Waals surface area contributed by atoms with Gasteiger partial charge in [0.25, 0.3) is 0 Å². The maximum atomic E-state index is 15.3. The van der Waals surface area contributed by atoms with Gasteiger partial charge in [-0.25, -0.2) is 23.7 Å². The molecule has 0 amide bonds. The number of anilines is 2. The fraction of sp³-hybridized carbons (Fsp3) is 0.371. The van der Waals surface area contributed by atoms with E-state index in [-0.39, 0.29) is 23.7 Å². The number of hydrogen-bond donors (Lipinski definition) is 2. The van der Waals surface area contributed by atoms with Crippen LogP contribution in [0.1, 0.15) is 73.6 Å². The highest BCUT2D eigenvalue weighted by atomic mass is 19.1. The van der Waals surface area contributed by atoms with Crippen molar-refractivity contribution in [1.29, 1.82) is 0 Å². The van der Waals surface area contributed by atoms with E-state index in [0.29, 0.717) is 23.0 Å². The minimum atomic E-state index is -0.608. The van der Waals surface area contributed by atoms with E-state index in [0.717, 1.165) is 81.2 Å². The number of halogens is 2. The van der Waals surface area contributed by atoms with Crippen LogP contribution in [0, 0.1) is 11.6 Å². The number of hydrogen-bond acceptors (Lipinski definition) is 7. The Labute approximate surface area is 256 Å². The van der Waals surface area contributed by atoms with E-state index < -0.39 is 11.6 Å². The Balaban J connectivity index is 1.02. The lowest BCUT2D eigenvalue weighted by Crippen LogP contribution is -2.32. The fourth-order valence-corrected chi connectivity index (χ4v) is 7.19. The summed E-state index contributed by atoms with van der Waals surface area (Å²) in [5.74, 6) is 0.134. The minimum Gasteiger partial charge on any atom is -0.392 e. The molecule has 0 bridgehead atoms.